The number of ether oxygens (including phenoxy) is 1. The van der Waals surface area contributed by atoms with E-state index >= 15 is 0 Å². The molecule has 3 rings (SSSR count). The van der Waals surface area contributed by atoms with E-state index in [-0.39, 0.29) is 5.41 Å². The molecule has 0 radical (unpaired) electrons. The Morgan fingerprint density at radius 2 is 1.56 bits per heavy atom. The van der Waals surface area contributed by atoms with E-state index in [1.165, 1.54) is 11.3 Å². The highest BCUT2D eigenvalue weighted by Gasteiger charge is 2.21. The average molecular weight is 369 g/mol. The molecule has 0 saturated carbocycles. The van der Waals surface area contributed by atoms with Gasteiger partial charge in [0.25, 0.3) is 0 Å². The molecular formula is C23H32N2O2. The van der Waals surface area contributed by atoms with Gasteiger partial charge in [-0.15, -0.1) is 0 Å². The molecule has 4 nitrogen and oxygen atoms in total. The van der Waals surface area contributed by atoms with Crippen molar-refractivity contribution in [1.29, 1.82) is 0 Å². The predicted molar refractivity (Wildman–Crippen MR) is 112 cm³/mol. The van der Waals surface area contributed by atoms with Crippen molar-refractivity contribution >= 4 is 5.69 Å². The van der Waals surface area contributed by atoms with Crippen LogP contribution in [-0.2, 0) is 5.41 Å². The van der Waals surface area contributed by atoms with Crippen LogP contribution in [0.2, 0.25) is 0 Å². The number of aliphatic hydroxyl groups excluding tert-OH is 1. The first kappa shape index (κ1) is 19.7. The highest BCUT2D eigenvalue weighted by molar-refractivity contribution is 5.46. The van der Waals surface area contributed by atoms with E-state index in [0.717, 1.165) is 31.9 Å². The maximum atomic E-state index is 10.5. The quantitative estimate of drug-likeness (QED) is 0.846. The SMILES string of the molecule is CC(C)(C)c1ccccc1OC[C@@H](O)CN1CCN(c2ccccc2)CC1. The smallest absolute Gasteiger partial charge is 0.123 e. The number of rotatable bonds is 6. The Hall–Kier alpha value is -2.04. The molecule has 0 bridgehead atoms. The Morgan fingerprint density at radius 3 is 2.22 bits per heavy atom. The summed E-state index contributed by atoms with van der Waals surface area (Å²) in [6.07, 6.45) is -0.485. The van der Waals surface area contributed by atoms with Crippen molar-refractivity contribution in [1.82, 2.24) is 4.90 Å². The molecule has 27 heavy (non-hydrogen) atoms. The lowest BCUT2D eigenvalue weighted by molar-refractivity contribution is 0.0656. The molecule has 146 valence electrons. The van der Waals surface area contributed by atoms with Crippen LogP contribution in [-0.4, -0.2) is 55.4 Å². The molecule has 0 aliphatic carbocycles. The van der Waals surface area contributed by atoms with Gasteiger partial charge in [-0.25, -0.2) is 0 Å². The van der Waals surface area contributed by atoms with Gasteiger partial charge in [0.15, 0.2) is 0 Å². The van der Waals surface area contributed by atoms with E-state index in [2.05, 4.69) is 60.9 Å². The minimum absolute atomic E-state index is 0.0231. The molecule has 1 aliphatic rings. The Balaban J connectivity index is 1.46. The van der Waals surface area contributed by atoms with Gasteiger partial charge in [0.2, 0.25) is 0 Å². The molecule has 1 heterocycles. The highest BCUT2D eigenvalue weighted by atomic mass is 16.5. The van der Waals surface area contributed by atoms with Crippen LogP contribution < -0.4 is 9.64 Å². The van der Waals surface area contributed by atoms with Crippen LogP contribution in [0.4, 0.5) is 5.69 Å². The number of hydrogen-bond acceptors (Lipinski definition) is 4. The third kappa shape index (κ3) is 5.47. The minimum atomic E-state index is -0.485. The highest BCUT2D eigenvalue weighted by Crippen LogP contribution is 2.31. The van der Waals surface area contributed by atoms with Crippen LogP contribution in [0.5, 0.6) is 5.75 Å². The number of benzene rings is 2. The van der Waals surface area contributed by atoms with Gasteiger partial charge in [-0.3, -0.25) is 4.90 Å². The lowest BCUT2D eigenvalue weighted by Crippen LogP contribution is -2.49. The number of para-hydroxylation sites is 2. The second kappa shape index (κ2) is 8.77. The first-order valence-corrected chi connectivity index (χ1v) is 9.86. The van der Waals surface area contributed by atoms with E-state index in [1.807, 2.05) is 24.3 Å². The largest absolute Gasteiger partial charge is 0.491 e. The van der Waals surface area contributed by atoms with Crippen LogP contribution in [0, 0.1) is 0 Å². The fourth-order valence-electron chi connectivity index (χ4n) is 3.58. The van der Waals surface area contributed by atoms with Crippen molar-refractivity contribution in [2.24, 2.45) is 0 Å². The van der Waals surface area contributed by atoms with Gasteiger partial charge in [-0.2, -0.15) is 0 Å². The number of nitrogens with zero attached hydrogens (tertiary/aromatic N) is 2. The second-order valence-electron chi connectivity index (χ2n) is 8.33. The van der Waals surface area contributed by atoms with Crippen molar-refractivity contribution in [3.63, 3.8) is 0 Å². The zero-order chi connectivity index (χ0) is 19.3. The number of aliphatic hydroxyl groups is 1. The summed E-state index contributed by atoms with van der Waals surface area (Å²) in [6.45, 7) is 11.4. The molecule has 1 saturated heterocycles. The maximum Gasteiger partial charge on any atom is 0.123 e. The Labute approximate surface area is 163 Å². The van der Waals surface area contributed by atoms with E-state index < -0.39 is 6.10 Å². The summed E-state index contributed by atoms with van der Waals surface area (Å²) in [6, 6.07) is 18.6. The van der Waals surface area contributed by atoms with Gasteiger partial charge in [0, 0.05) is 38.4 Å². The molecule has 0 aromatic heterocycles. The topological polar surface area (TPSA) is 35.9 Å². The Morgan fingerprint density at radius 1 is 0.926 bits per heavy atom. The number of hydrogen-bond donors (Lipinski definition) is 1. The summed E-state index contributed by atoms with van der Waals surface area (Å²) in [7, 11) is 0. The zero-order valence-corrected chi connectivity index (χ0v) is 16.8. The fraction of sp³-hybridized carbons (Fsp3) is 0.478. The van der Waals surface area contributed by atoms with Crippen molar-refractivity contribution < 1.29 is 9.84 Å². The molecule has 2 aromatic rings. The lowest BCUT2D eigenvalue weighted by Gasteiger charge is -2.36. The van der Waals surface area contributed by atoms with Gasteiger partial charge in [-0.05, 0) is 29.2 Å². The van der Waals surface area contributed by atoms with Crippen molar-refractivity contribution in [3.05, 3.63) is 60.2 Å². The third-order valence-electron chi connectivity index (χ3n) is 5.09. The van der Waals surface area contributed by atoms with Crippen LogP contribution in [0.1, 0.15) is 26.3 Å². The van der Waals surface area contributed by atoms with E-state index in [4.69, 9.17) is 4.74 Å². The maximum absolute atomic E-state index is 10.5. The van der Waals surface area contributed by atoms with Gasteiger partial charge >= 0.3 is 0 Å². The number of anilines is 1. The predicted octanol–water partition coefficient (Wildman–Crippen LogP) is 3.55. The number of β-amino-alcohol motifs (C(OH)–C–C–N with tert-alkyl or cyclic N) is 1. The number of piperazine rings is 1. The van der Waals surface area contributed by atoms with Gasteiger partial charge in [-0.1, -0.05) is 57.2 Å². The molecule has 1 N–H and O–H groups in total. The second-order valence-corrected chi connectivity index (χ2v) is 8.33. The summed E-state index contributed by atoms with van der Waals surface area (Å²) >= 11 is 0. The van der Waals surface area contributed by atoms with Crippen molar-refractivity contribution in [3.8, 4) is 5.75 Å². The molecule has 1 aliphatic heterocycles. The van der Waals surface area contributed by atoms with E-state index in [1.54, 1.807) is 0 Å². The van der Waals surface area contributed by atoms with Crippen LogP contribution in [0.15, 0.2) is 54.6 Å². The standard InChI is InChI=1S/C23H32N2O2/c1-23(2,3)21-11-7-8-12-22(21)27-18-20(26)17-24-13-15-25(16-14-24)19-9-5-4-6-10-19/h4-12,20,26H,13-18H2,1-3H3/t20-/m0/s1. The van der Waals surface area contributed by atoms with Crippen LogP contribution >= 0.6 is 0 Å². The molecule has 4 heteroatoms. The van der Waals surface area contributed by atoms with E-state index in [9.17, 15) is 5.11 Å². The van der Waals surface area contributed by atoms with Crippen LogP contribution in [0.3, 0.4) is 0 Å². The Bertz CT molecular complexity index is 704. The molecule has 1 atom stereocenters. The molecule has 1 fully saturated rings. The minimum Gasteiger partial charge on any atom is -0.491 e. The van der Waals surface area contributed by atoms with Crippen molar-refractivity contribution in [2.45, 2.75) is 32.3 Å². The summed E-state index contributed by atoms with van der Waals surface area (Å²) in [5.41, 5.74) is 2.48. The van der Waals surface area contributed by atoms with Crippen molar-refractivity contribution in [2.75, 3.05) is 44.2 Å². The molecule has 0 spiro atoms. The van der Waals surface area contributed by atoms with Gasteiger partial charge in [0.1, 0.15) is 18.5 Å². The zero-order valence-electron chi connectivity index (χ0n) is 16.8. The van der Waals surface area contributed by atoms with E-state index in [0.29, 0.717) is 13.2 Å². The van der Waals surface area contributed by atoms with Crippen LogP contribution in [0.25, 0.3) is 0 Å². The summed E-state index contributed by atoms with van der Waals surface area (Å²) in [5, 5.41) is 10.5. The van der Waals surface area contributed by atoms with Gasteiger partial charge < -0.3 is 14.7 Å². The molecule has 2 aromatic carbocycles. The Kier molecular flexibility index (Phi) is 6.40. The average Bonchev–Trinajstić information content (AvgIpc) is 2.67. The molecule has 0 amide bonds. The lowest BCUT2D eigenvalue weighted by atomic mass is 9.86. The first-order valence-electron chi connectivity index (χ1n) is 9.86. The first-order chi connectivity index (χ1) is 12.9. The summed E-state index contributed by atoms with van der Waals surface area (Å²) < 4.78 is 5.97. The molecule has 0 unspecified atom stereocenters. The summed E-state index contributed by atoms with van der Waals surface area (Å²) in [4.78, 5) is 4.72. The fourth-order valence-corrected chi connectivity index (χ4v) is 3.58. The molecular weight excluding hydrogens is 336 g/mol. The third-order valence-corrected chi connectivity index (χ3v) is 5.09. The van der Waals surface area contributed by atoms with Gasteiger partial charge in [0.05, 0.1) is 0 Å². The monoisotopic (exact) mass is 368 g/mol. The summed E-state index contributed by atoms with van der Waals surface area (Å²) in [5.74, 6) is 0.873. The normalized spacial score (nSPS) is 17.0.